The molecule has 0 aliphatic rings. The van der Waals surface area contributed by atoms with E-state index in [2.05, 4.69) is 20.9 Å². The minimum Gasteiger partial charge on any atom is -0.497 e. The Morgan fingerprint density at radius 1 is 0.963 bits per heavy atom. The molecule has 0 spiro atoms. The van der Waals surface area contributed by atoms with E-state index in [0.29, 0.717) is 13.1 Å². The summed E-state index contributed by atoms with van der Waals surface area (Å²) in [4.78, 5) is 27.9. The molecule has 1 heterocycles. The number of rotatable bonds is 8. The van der Waals surface area contributed by atoms with Crippen LogP contribution in [-0.4, -0.2) is 37.1 Å². The Bertz CT molecular complexity index is 733. The maximum Gasteiger partial charge on any atom is 0.315 e. The molecule has 2 aromatic rings. The molecule has 1 atom stereocenters. The maximum atomic E-state index is 12.3. The summed E-state index contributed by atoms with van der Waals surface area (Å²) >= 11 is 0. The summed E-state index contributed by atoms with van der Waals surface area (Å²) in [7, 11) is 1.61. The van der Waals surface area contributed by atoms with Crippen molar-refractivity contribution in [2.45, 2.75) is 19.9 Å². The van der Waals surface area contributed by atoms with Crippen molar-refractivity contribution >= 4 is 11.9 Å². The number of hydrogen-bond donors (Lipinski definition) is 3. The van der Waals surface area contributed by atoms with E-state index in [1.807, 2.05) is 50.2 Å². The fourth-order valence-electron chi connectivity index (χ4n) is 2.46. The van der Waals surface area contributed by atoms with Crippen LogP contribution in [0.1, 0.15) is 31.0 Å². The molecule has 0 fully saturated rings. The minimum atomic E-state index is -0.329. The SMILES string of the molecule is COc1ccc(C(NC(=O)NCCNC(=O)C(C)C)c2ccncc2)cc1. The minimum absolute atomic E-state index is 0.0369. The highest BCUT2D eigenvalue weighted by molar-refractivity contribution is 5.78. The normalized spacial score (nSPS) is 11.6. The molecular weight excluding hydrogens is 344 g/mol. The van der Waals surface area contributed by atoms with E-state index < -0.39 is 0 Å². The van der Waals surface area contributed by atoms with E-state index >= 15 is 0 Å². The summed E-state index contributed by atoms with van der Waals surface area (Å²) in [5.74, 6) is 0.632. The van der Waals surface area contributed by atoms with E-state index in [-0.39, 0.29) is 23.9 Å². The summed E-state index contributed by atoms with van der Waals surface area (Å²) in [6, 6.07) is 10.6. The molecule has 0 bridgehead atoms. The van der Waals surface area contributed by atoms with Gasteiger partial charge in [-0.05, 0) is 35.4 Å². The Kier molecular flexibility index (Phi) is 7.61. The van der Waals surface area contributed by atoms with Crippen molar-refractivity contribution in [1.82, 2.24) is 20.9 Å². The van der Waals surface area contributed by atoms with Crippen molar-refractivity contribution in [3.05, 3.63) is 59.9 Å². The maximum absolute atomic E-state index is 12.3. The van der Waals surface area contributed by atoms with Crippen molar-refractivity contribution in [3.63, 3.8) is 0 Å². The van der Waals surface area contributed by atoms with Crippen LogP contribution in [0.25, 0.3) is 0 Å². The second-order valence-electron chi connectivity index (χ2n) is 6.33. The molecule has 1 unspecified atom stereocenters. The first-order valence-corrected chi connectivity index (χ1v) is 8.87. The summed E-state index contributed by atoms with van der Waals surface area (Å²) in [5.41, 5.74) is 1.84. The van der Waals surface area contributed by atoms with Gasteiger partial charge in [-0.15, -0.1) is 0 Å². The first-order valence-electron chi connectivity index (χ1n) is 8.87. The highest BCUT2D eigenvalue weighted by Gasteiger charge is 2.17. The van der Waals surface area contributed by atoms with Gasteiger partial charge in [0.15, 0.2) is 0 Å². The largest absolute Gasteiger partial charge is 0.497 e. The molecule has 1 aromatic carbocycles. The third-order valence-corrected chi connectivity index (χ3v) is 4.00. The van der Waals surface area contributed by atoms with Crippen molar-refractivity contribution < 1.29 is 14.3 Å². The molecule has 1 aromatic heterocycles. The van der Waals surface area contributed by atoms with Crippen molar-refractivity contribution in [2.75, 3.05) is 20.2 Å². The van der Waals surface area contributed by atoms with Crippen LogP contribution in [0, 0.1) is 5.92 Å². The molecule has 144 valence electrons. The van der Waals surface area contributed by atoms with Crippen LogP contribution in [0.4, 0.5) is 4.79 Å². The standard InChI is InChI=1S/C20H26N4O3/c1-14(2)19(25)22-12-13-23-20(26)24-18(16-8-10-21-11-9-16)15-4-6-17(27-3)7-5-15/h4-11,14,18H,12-13H2,1-3H3,(H,22,25)(H2,23,24,26). The van der Waals surface area contributed by atoms with Gasteiger partial charge in [0, 0.05) is 31.4 Å². The average molecular weight is 370 g/mol. The van der Waals surface area contributed by atoms with Crippen LogP contribution >= 0.6 is 0 Å². The Morgan fingerprint density at radius 2 is 1.56 bits per heavy atom. The molecule has 3 N–H and O–H groups in total. The van der Waals surface area contributed by atoms with Gasteiger partial charge in [0.1, 0.15) is 5.75 Å². The van der Waals surface area contributed by atoms with Crippen LogP contribution in [0.3, 0.4) is 0 Å². The van der Waals surface area contributed by atoms with Gasteiger partial charge >= 0.3 is 6.03 Å². The van der Waals surface area contributed by atoms with Gasteiger partial charge in [0.2, 0.25) is 5.91 Å². The molecule has 3 amide bonds. The summed E-state index contributed by atoms with van der Waals surface area (Å²) in [5, 5.41) is 8.49. The predicted octanol–water partition coefficient (Wildman–Crippen LogP) is 2.25. The number of hydrogen-bond acceptors (Lipinski definition) is 4. The molecule has 7 nitrogen and oxygen atoms in total. The van der Waals surface area contributed by atoms with Gasteiger partial charge in [0.05, 0.1) is 13.2 Å². The summed E-state index contributed by atoms with van der Waals surface area (Å²) in [6.45, 7) is 4.37. The molecule has 2 rings (SSSR count). The van der Waals surface area contributed by atoms with Crippen molar-refractivity contribution in [1.29, 1.82) is 0 Å². The van der Waals surface area contributed by atoms with E-state index in [1.165, 1.54) is 0 Å². The van der Waals surface area contributed by atoms with E-state index in [1.54, 1.807) is 19.5 Å². The number of methoxy groups -OCH3 is 1. The number of carbonyl (C=O) groups is 2. The molecule has 0 saturated heterocycles. The Hall–Kier alpha value is -3.09. The third kappa shape index (κ3) is 6.29. The average Bonchev–Trinajstić information content (AvgIpc) is 2.70. The Morgan fingerprint density at radius 3 is 2.15 bits per heavy atom. The van der Waals surface area contributed by atoms with E-state index in [0.717, 1.165) is 16.9 Å². The van der Waals surface area contributed by atoms with Crippen LogP contribution in [0.15, 0.2) is 48.8 Å². The van der Waals surface area contributed by atoms with Crippen LogP contribution in [0.2, 0.25) is 0 Å². The lowest BCUT2D eigenvalue weighted by Crippen LogP contribution is -2.42. The first-order chi connectivity index (χ1) is 13.0. The number of nitrogens with one attached hydrogen (secondary N) is 3. The smallest absolute Gasteiger partial charge is 0.315 e. The summed E-state index contributed by atoms with van der Waals surface area (Å²) in [6.07, 6.45) is 3.37. The molecule has 0 radical (unpaired) electrons. The second-order valence-corrected chi connectivity index (χ2v) is 6.33. The van der Waals surface area contributed by atoms with Gasteiger partial charge in [-0.1, -0.05) is 26.0 Å². The van der Waals surface area contributed by atoms with E-state index in [9.17, 15) is 9.59 Å². The monoisotopic (exact) mass is 370 g/mol. The number of carbonyl (C=O) groups excluding carboxylic acids is 2. The van der Waals surface area contributed by atoms with Crippen LogP contribution in [-0.2, 0) is 4.79 Å². The van der Waals surface area contributed by atoms with Crippen molar-refractivity contribution in [2.24, 2.45) is 5.92 Å². The van der Waals surface area contributed by atoms with Gasteiger partial charge in [0.25, 0.3) is 0 Å². The number of pyridine rings is 1. The Labute approximate surface area is 159 Å². The highest BCUT2D eigenvalue weighted by Crippen LogP contribution is 2.23. The number of ether oxygens (including phenoxy) is 1. The number of urea groups is 1. The fourth-order valence-corrected chi connectivity index (χ4v) is 2.46. The molecule has 27 heavy (non-hydrogen) atoms. The van der Waals surface area contributed by atoms with Gasteiger partial charge in [-0.3, -0.25) is 9.78 Å². The zero-order chi connectivity index (χ0) is 19.6. The number of nitrogens with zero attached hydrogens (tertiary/aromatic N) is 1. The fraction of sp³-hybridized carbons (Fsp3) is 0.350. The van der Waals surface area contributed by atoms with Gasteiger partial charge in [-0.25, -0.2) is 4.79 Å². The molecule has 0 saturated carbocycles. The zero-order valence-electron chi connectivity index (χ0n) is 15.9. The van der Waals surface area contributed by atoms with Gasteiger partial charge < -0.3 is 20.7 Å². The lowest BCUT2D eigenvalue weighted by Gasteiger charge is -2.20. The molecular formula is C20H26N4O3. The topological polar surface area (TPSA) is 92.4 Å². The number of amides is 3. The number of aromatic nitrogens is 1. The number of benzene rings is 1. The summed E-state index contributed by atoms with van der Waals surface area (Å²) < 4.78 is 5.19. The van der Waals surface area contributed by atoms with Crippen molar-refractivity contribution in [3.8, 4) is 5.75 Å². The molecule has 0 aliphatic carbocycles. The highest BCUT2D eigenvalue weighted by atomic mass is 16.5. The second kappa shape index (κ2) is 10.2. The lowest BCUT2D eigenvalue weighted by atomic mass is 10.00. The molecule has 0 aliphatic heterocycles. The zero-order valence-corrected chi connectivity index (χ0v) is 15.9. The quantitative estimate of drug-likeness (QED) is 0.622. The predicted molar refractivity (Wildman–Crippen MR) is 103 cm³/mol. The lowest BCUT2D eigenvalue weighted by molar-refractivity contribution is -0.123. The molecule has 7 heteroatoms. The Balaban J connectivity index is 1.99. The van der Waals surface area contributed by atoms with E-state index in [4.69, 9.17) is 4.74 Å². The van der Waals surface area contributed by atoms with Crippen LogP contribution < -0.4 is 20.7 Å². The van der Waals surface area contributed by atoms with Gasteiger partial charge in [-0.2, -0.15) is 0 Å². The first kappa shape index (κ1) is 20.2. The van der Waals surface area contributed by atoms with Crippen LogP contribution in [0.5, 0.6) is 5.75 Å². The third-order valence-electron chi connectivity index (χ3n) is 4.00.